The van der Waals surface area contributed by atoms with E-state index in [2.05, 4.69) is 59.6 Å². The molecule has 0 spiro atoms. The van der Waals surface area contributed by atoms with Gasteiger partial charge in [0.2, 0.25) is 0 Å². The predicted octanol–water partition coefficient (Wildman–Crippen LogP) is 3.75. The Morgan fingerprint density at radius 2 is 1.95 bits per heavy atom. The SMILES string of the molecule is C=C1c2ccc(N)cc2CN1c1ccc2ccn(C)c2c1. The lowest BCUT2D eigenvalue weighted by Crippen LogP contribution is -2.12. The second kappa shape index (κ2) is 4.16. The van der Waals surface area contributed by atoms with Crippen molar-refractivity contribution in [3.05, 3.63) is 66.4 Å². The molecule has 0 bridgehead atoms. The van der Waals surface area contributed by atoms with Crippen molar-refractivity contribution >= 4 is 28.0 Å². The Bertz CT molecular complexity index is 873. The number of benzene rings is 2. The van der Waals surface area contributed by atoms with E-state index in [4.69, 9.17) is 5.73 Å². The largest absolute Gasteiger partial charge is 0.399 e. The number of nitrogen functional groups attached to an aromatic ring is 1. The summed E-state index contributed by atoms with van der Waals surface area (Å²) in [5.74, 6) is 0. The molecule has 2 heterocycles. The van der Waals surface area contributed by atoms with Crippen molar-refractivity contribution in [3.8, 4) is 0 Å². The molecule has 2 aromatic carbocycles. The minimum atomic E-state index is 0.807. The van der Waals surface area contributed by atoms with E-state index in [0.717, 1.165) is 17.9 Å². The van der Waals surface area contributed by atoms with Crippen LogP contribution in [0.3, 0.4) is 0 Å². The van der Waals surface area contributed by atoms with Gasteiger partial charge in [-0.05, 0) is 41.3 Å². The molecule has 3 heteroatoms. The van der Waals surface area contributed by atoms with E-state index in [1.165, 1.54) is 27.7 Å². The molecule has 2 N–H and O–H groups in total. The minimum Gasteiger partial charge on any atom is -0.399 e. The zero-order valence-electron chi connectivity index (χ0n) is 12.0. The maximum absolute atomic E-state index is 5.89. The first-order chi connectivity index (χ1) is 10.1. The molecule has 1 aromatic heterocycles. The third kappa shape index (κ3) is 1.74. The molecule has 0 aliphatic carbocycles. The zero-order chi connectivity index (χ0) is 14.6. The Balaban J connectivity index is 1.80. The lowest BCUT2D eigenvalue weighted by Gasteiger charge is -2.20. The Morgan fingerprint density at radius 1 is 1.10 bits per heavy atom. The average molecular weight is 275 g/mol. The number of nitrogens with zero attached hydrogens (tertiary/aromatic N) is 2. The average Bonchev–Trinajstić information content (AvgIpc) is 3.00. The third-order valence-corrected chi connectivity index (χ3v) is 4.28. The van der Waals surface area contributed by atoms with Crippen molar-refractivity contribution in [3.63, 3.8) is 0 Å². The maximum Gasteiger partial charge on any atom is 0.0498 e. The van der Waals surface area contributed by atoms with Gasteiger partial charge in [0.05, 0.1) is 0 Å². The number of rotatable bonds is 1. The van der Waals surface area contributed by atoms with Gasteiger partial charge in [0.25, 0.3) is 0 Å². The molecule has 3 aromatic rings. The van der Waals surface area contributed by atoms with Gasteiger partial charge in [-0.2, -0.15) is 0 Å². The maximum atomic E-state index is 5.89. The van der Waals surface area contributed by atoms with Crippen LogP contribution < -0.4 is 10.6 Å². The van der Waals surface area contributed by atoms with Crippen LogP contribution in [0.15, 0.2) is 55.2 Å². The molecule has 4 rings (SSSR count). The number of fused-ring (bicyclic) bond motifs is 2. The summed E-state index contributed by atoms with van der Waals surface area (Å²) in [5.41, 5.74) is 12.6. The highest BCUT2D eigenvalue weighted by molar-refractivity contribution is 5.89. The van der Waals surface area contributed by atoms with Crippen molar-refractivity contribution in [1.29, 1.82) is 0 Å². The molecule has 0 unspecified atom stereocenters. The van der Waals surface area contributed by atoms with Crippen LogP contribution in [-0.2, 0) is 13.6 Å². The molecule has 1 aliphatic heterocycles. The monoisotopic (exact) mass is 275 g/mol. The molecule has 0 saturated carbocycles. The van der Waals surface area contributed by atoms with Crippen molar-refractivity contribution in [2.45, 2.75) is 6.54 Å². The highest BCUT2D eigenvalue weighted by atomic mass is 15.2. The van der Waals surface area contributed by atoms with E-state index in [1.807, 2.05) is 12.1 Å². The topological polar surface area (TPSA) is 34.2 Å². The van der Waals surface area contributed by atoms with Gasteiger partial charge in [-0.25, -0.2) is 0 Å². The van der Waals surface area contributed by atoms with Crippen molar-refractivity contribution in [1.82, 2.24) is 4.57 Å². The lowest BCUT2D eigenvalue weighted by molar-refractivity contribution is 0.967. The predicted molar refractivity (Wildman–Crippen MR) is 89.0 cm³/mol. The molecule has 21 heavy (non-hydrogen) atoms. The number of nitrogens with two attached hydrogens (primary N) is 1. The van der Waals surface area contributed by atoms with Gasteiger partial charge in [-0.1, -0.05) is 18.7 Å². The summed E-state index contributed by atoms with van der Waals surface area (Å²) >= 11 is 0. The number of aromatic nitrogens is 1. The van der Waals surface area contributed by atoms with Crippen LogP contribution in [-0.4, -0.2) is 4.57 Å². The van der Waals surface area contributed by atoms with Gasteiger partial charge >= 0.3 is 0 Å². The van der Waals surface area contributed by atoms with E-state index in [1.54, 1.807) is 0 Å². The summed E-state index contributed by atoms with van der Waals surface area (Å²) in [6.07, 6.45) is 2.09. The van der Waals surface area contributed by atoms with Gasteiger partial charge in [0.15, 0.2) is 0 Å². The second-order valence-corrected chi connectivity index (χ2v) is 5.62. The number of hydrogen-bond acceptors (Lipinski definition) is 2. The Morgan fingerprint density at radius 3 is 2.81 bits per heavy atom. The summed E-state index contributed by atoms with van der Waals surface area (Å²) in [5, 5.41) is 1.26. The summed E-state index contributed by atoms with van der Waals surface area (Å²) in [7, 11) is 2.07. The third-order valence-electron chi connectivity index (χ3n) is 4.28. The fourth-order valence-electron chi connectivity index (χ4n) is 3.10. The van der Waals surface area contributed by atoms with Crippen molar-refractivity contribution < 1.29 is 0 Å². The molecular formula is C18H17N3. The van der Waals surface area contributed by atoms with Gasteiger partial charge in [-0.3, -0.25) is 0 Å². The molecule has 3 nitrogen and oxygen atoms in total. The van der Waals surface area contributed by atoms with Crippen LogP contribution in [0.1, 0.15) is 11.1 Å². The van der Waals surface area contributed by atoms with Crippen molar-refractivity contribution in [2.24, 2.45) is 7.05 Å². The normalized spacial score (nSPS) is 14.0. The smallest absolute Gasteiger partial charge is 0.0498 e. The molecule has 1 aliphatic rings. The molecule has 0 amide bonds. The van der Waals surface area contributed by atoms with Crippen LogP contribution in [0, 0.1) is 0 Å². The molecular weight excluding hydrogens is 258 g/mol. The summed E-state index contributed by atoms with van der Waals surface area (Å²) in [6.45, 7) is 5.08. The molecule has 0 atom stereocenters. The molecule has 0 saturated heterocycles. The van der Waals surface area contributed by atoms with E-state index < -0.39 is 0 Å². The van der Waals surface area contributed by atoms with Gasteiger partial charge < -0.3 is 15.2 Å². The van der Waals surface area contributed by atoms with E-state index in [0.29, 0.717) is 0 Å². The van der Waals surface area contributed by atoms with Crippen molar-refractivity contribution in [2.75, 3.05) is 10.6 Å². The standard InChI is InChI=1S/C18H17N3/c1-12-17-6-4-15(19)9-14(17)11-21(12)16-5-3-13-7-8-20(2)18(13)10-16/h3-10H,1,11,19H2,2H3. The van der Waals surface area contributed by atoms with Gasteiger partial charge in [0, 0.05) is 47.9 Å². The number of hydrogen-bond donors (Lipinski definition) is 1. The van der Waals surface area contributed by atoms with Crippen LogP contribution in [0.25, 0.3) is 16.6 Å². The first kappa shape index (κ1) is 12.1. The lowest BCUT2D eigenvalue weighted by atomic mass is 10.1. The summed E-state index contributed by atoms with van der Waals surface area (Å²) in [6, 6.07) is 14.7. The Labute approximate surface area is 123 Å². The Hall–Kier alpha value is -2.68. The molecule has 0 fully saturated rings. The van der Waals surface area contributed by atoms with Gasteiger partial charge in [-0.15, -0.1) is 0 Å². The van der Waals surface area contributed by atoms with Crippen LogP contribution >= 0.6 is 0 Å². The molecule has 104 valence electrons. The second-order valence-electron chi connectivity index (χ2n) is 5.62. The van der Waals surface area contributed by atoms with Crippen LogP contribution in [0.5, 0.6) is 0 Å². The van der Waals surface area contributed by atoms with Crippen LogP contribution in [0.4, 0.5) is 11.4 Å². The van der Waals surface area contributed by atoms with Gasteiger partial charge in [0.1, 0.15) is 0 Å². The highest BCUT2D eigenvalue weighted by Crippen LogP contribution is 2.37. The zero-order valence-corrected chi connectivity index (χ0v) is 12.0. The number of aryl methyl sites for hydroxylation is 1. The van der Waals surface area contributed by atoms with E-state index >= 15 is 0 Å². The Kier molecular flexibility index (Phi) is 2.39. The fraction of sp³-hybridized carbons (Fsp3) is 0.111. The van der Waals surface area contributed by atoms with Crippen LogP contribution in [0.2, 0.25) is 0 Å². The first-order valence-electron chi connectivity index (χ1n) is 7.04. The molecule has 0 radical (unpaired) electrons. The highest BCUT2D eigenvalue weighted by Gasteiger charge is 2.23. The minimum absolute atomic E-state index is 0.807. The first-order valence-corrected chi connectivity index (χ1v) is 7.04. The quantitative estimate of drug-likeness (QED) is 0.686. The number of anilines is 2. The summed E-state index contributed by atoms with van der Waals surface area (Å²) in [4.78, 5) is 2.25. The summed E-state index contributed by atoms with van der Waals surface area (Å²) < 4.78 is 2.14. The fourth-order valence-corrected chi connectivity index (χ4v) is 3.10. The van der Waals surface area contributed by atoms with E-state index in [9.17, 15) is 0 Å². The van der Waals surface area contributed by atoms with E-state index in [-0.39, 0.29) is 0 Å².